The molecule has 2 heterocycles. The molecule has 1 aliphatic heterocycles. The number of hydrogen-bond donors (Lipinski definition) is 1. The number of likely N-dealkylation sites (tertiary alicyclic amines) is 1. The Hall–Kier alpha value is -1.68. The Morgan fingerprint density at radius 1 is 1.68 bits per heavy atom. The van der Waals surface area contributed by atoms with Crippen LogP contribution in [0.1, 0.15) is 34.8 Å². The second kappa shape index (κ2) is 6.48. The molecule has 1 atom stereocenters. The van der Waals surface area contributed by atoms with Crippen molar-refractivity contribution in [1.29, 1.82) is 0 Å². The lowest BCUT2D eigenvalue weighted by Crippen LogP contribution is -2.31. The number of carbonyl (C=O) groups is 1. The minimum Gasteiger partial charge on any atom is -0.347 e. The van der Waals surface area contributed by atoms with Crippen molar-refractivity contribution in [3.05, 3.63) is 42.2 Å². The third-order valence-electron chi connectivity index (χ3n) is 3.52. The summed E-state index contributed by atoms with van der Waals surface area (Å²) in [6.45, 7) is 6.27. The first-order valence-electron chi connectivity index (χ1n) is 6.74. The quantitative estimate of drug-likeness (QED) is 0.839. The molecule has 19 heavy (non-hydrogen) atoms. The van der Waals surface area contributed by atoms with E-state index in [0.717, 1.165) is 13.1 Å². The van der Waals surface area contributed by atoms with Crippen molar-refractivity contribution in [2.45, 2.75) is 18.8 Å². The normalized spacial score (nSPS) is 19.9. The highest BCUT2D eigenvalue weighted by molar-refractivity contribution is 5.92. The second-order valence-corrected chi connectivity index (χ2v) is 5.07. The van der Waals surface area contributed by atoms with E-state index in [1.54, 1.807) is 12.3 Å². The molecule has 4 heteroatoms. The summed E-state index contributed by atoms with van der Waals surface area (Å²) in [4.78, 5) is 18.4. The lowest BCUT2D eigenvalue weighted by atomic mass is 9.91. The predicted molar refractivity (Wildman–Crippen MR) is 76.2 cm³/mol. The molecule has 0 aliphatic carbocycles. The molecule has 1 N–H and O–H groups in total. The minimum atomic E-state index is -0.133. The topological polar surface area (TPSA) is 45.2 Å². The molecular formula is C15H21N3O. The molecular weight excluding hydrogens is 238 g/mol. The van der Waals surface area contributed by atoms with E-state index in [-0.39, 0.29) is 5.91 Å². The molecule has 2 rings (SSSR count). The number of amides is 1. The van der Waals surface area contributed by atoms with Gasteiger partial charge < -0.3 is 10.2 Å². The van der Waals surface area contributed by atoms with Crippen LogP contribution in [0.3, 0.4) is 0 Å². The van der Waals surface area contributed by atoms with E-state index >= 15 is 0 Å². The number of carbonyl (C=O) groups excluding carboxylic acids is 1. The van der Waals surface area contributed by atoms with Crippen molar-refractivity contribution in [3.63, 3.8) is 0 Å². The Labute approximate surface area is 114 Å². The molecule has 4 nitrogen and oxygen atoms in total. The van der Waals surface area contributed by atoms with E-state index in [9.17, 15) is 4.79 Å². The predicted octanol–water partition coefficient (Wildman–Crippen LogP) is 1.81. The summed E-state index contributed by atoms with van der Waals surface area (Å²) >= 11 is 0. The second-order valence-electron chi connectivity index (χ2n) is 5.07. The van der Waals surface area contributed by atoms with Crippen molar-refractivity contribution < 1.29 is 4.79 Å². The van der Waals surface area contributed by atoms with E-state index in [2.05, 4.69) is 28.8 Å². The zero-order valence-corrected chi connectivity index (χ0v) is 11.4. The smallest absolute Gasteiger partial charge is 0.270 e. The van der Waals surface area contributed by atoms with Gasteiger partial charge in [-0.2, -0.15) is 0 Å². The Kier molecular flexibility index (Phi) is 4.68. The standard InChI is InChI=1S/C15H21N3O/c1-3-7-17-15(19)14-10-12(6-8-16-14)13-5-4-9-18(2)11-13/h3,6,8,10,13H,1,4-5,7,9,11H2,2H3,(H,17,19)/t13-/m1/s1. The van der Waals surface area contributed by atoms with Gasteiger partial charge in [0.15, 0.2) is 0 Å². The lowest BCUT2D eigenvalue weighted by molar-refractivity contribution is 0.0953. The number of pyridine rings is 1. The van der Waals surface area contributed by atoms with E-state index in [1.165, 1.54) is 18.4 Å². The third kappa shape index (κ3) is 3.64. The summed E-state index contributed by atoms with van der Waals surface area (Å²) in [5, 5.41) is 2.76. The van der Waals surface area contributed by atoms with E-state index in [4.69, 9.17) is 0 Å². The zero-order valence-electron chi connectivity index (χ0n) is 11.4. The van der Waals surface area contributed by atoms with Crippen LogP contribution < -0.4 is 5.32 Å². The molecule has 0 spiro atoms. The van der Waals surface area contributed by atoms with Gasteiger partial charge in [0.25, 0.3) is 5.91 Å². The number of nitrogens with zero attached hydrogens (tertiary/aromatic N) is 2. The van der Waals surface area contributed by atoms with Crippen molar-refractivity contribution in [1.82, 2.24) is 15.2 Å². The van der Waals surface area contributed by atoms with E-state index in [1.807, 2.05) is 12.1 Å². The fraction of sp³-hybridized carbons (Fsp3) is 0.467. The maximum absolute atomic E-state index is 11.9. The molecule has 0 aromatic carbocycles. The number of aromatic nitrogens is 1. The number of nitrogens with one attached hydrogen (secondary N) is 1. The summed E-state index contributed by atoms with van der Waals surface area (Å²) in [5.74, 6) is 0.374. The summed E-state index contributed by atoms with van der Waals surface area (Å²) in [7, 11) is 2.14. The molecule has 1 aromatic heterocycles. The van der Waals surface area contributed by atoms with Crippen LogP contribution in [0.25, 0.3) is 0 Å². The number of hydrogen-bond acceptors (Lipinski definition) is 3. The molecule has 1 aromatic rings. The van der Waals surface area contributed by atoms with Crippen LogP contribution in [0, 0.1) is 0 Å². The first-order valence-corrected chi connectivity index (χ1v) is 6.74. The van der Waals surface area contributed by atoms with Crippen molar-refractivity contribution in [2.24, 2.45) is 0 Å². The first kappa shape index (κ1) is 13.7. The highest BCUT2D eigenvalue weighted by Gasteiger charge is 2.20. The molecule has 102 valence electrons. The van der Waals surface area contributed by atoms with Gasteiger partial charge in [-0.3, -0.25) is 9.78 Å². The van der Waals surface area contributed by atoms with Crippen molar-refractivity contribution in [3.8, 4) is 0 Å². The third-order valence-corrected chi connectivity index (χ3v) is 3.52. The van der Waals surface area contributed by atoms with Crippen LogP contribution in [0.4, 0.5) is 0 Å². The zero-order chi connectivity index (χ0) is 13.7. The molecule has 0 radical (unpaired) electrons. The molecule has 1 amide bonds. The summed E-state index contributed by atoms with van der Waals surface area (Å²) in [5.41, 5.74) is 1.71. The minimum absolute atomic E-state index is 0.133. The summed E-state index contributed by atoms with van der Waals surface area (Å²) < 4.78 is 0. The molecule has 1 fully saturated rings. The summed E-state index contributed by atoms with van der Waals surface area (Å²) in [6.07, 6.45) is 5.79. The summed E-state index contributed by atoms with van der Waals surface area (Å²) in [6, 6.07) is 3.94. The van der Waals surface area contributed by atoms with Gasteiger partial charge >= 0.3 is 0 Å². The van der Waals surface area contributed by atoms with Crippen LogP contribution >= 0.6 is 0 Å². The molecule has 1 aliphatic rings. The highest BCUT2D eigenvalue weighted by Crippen LogP contribution is 2.26. The van der Waals surface area contributed by atoms with Crippen LogP contribution in [0.2, 0.25) is 0 Å². The van der Waals surface area contributed by atoms with Crippen LogP contribution in [0.15, 0.2) is 31.0 Å². The van der Waals surface area contributed by atoms with Gasteiger partial charge in [0.2, 0.25) is 0 Å². The Balaban J connectivity index is 2.10. The van der Waals surface area contributed by atoms with Crippen LogP contribution in [-0.2, 0) is 0 Å². The van der Waals surface area contributed by atoms with Gasteiger partial charge in [0.05, 0.1) is 0 Å². The van der Waals surface area contributed by atoms with Crippen molar-refractivity contribution >= 4 is 5.91 Å². The average Bonchev–Trinajstić information content (AvgIpc) is 2.45. The average molecular weight is 259 g/mol. The van der Waals surface area contributed by atoms with Crippen LogP contribution in [-0.4, -0.2) is 42.5 Å². The Bertz CT molecular complexity index is 458. The van der Waals surface area contributed by atoms with Gasteiger partial charge in [-0.1, -0.05) is 6.08 Å². The maximum atomic E-state index is 11.9. The van der Waals surface area contributed by atoms with E-state index in [0.29, 0.717) is 18.2 Å². The van der Waals surface area contributed by atoms with Gasteiger partial charge in [0, 0.05) is 19.3 Å². The largest absolute Gasteiger partial charge is 0.347 e. The van der Waals surface area contributed by atoms with Crippen LogP contribution in [0.5, 0.6) is 0 Å². The van der Waals surface area contributed by atoms with Gasteiger partial charge in [-0.25, -0.2) is 0 Å². The fourth-order valence-corrected chi connectivity index (χ4v) is 2.52. The van der Waals surface area contributed by atoms with Gasteiger partial charge in [-0.05, 0) is 50.0 Å². The molecule has 0 bridgehead atoms. The Morgan fingerprint density at radius 2 is 2.53 bits per heavy atom. The molecule has 1 saturated heterocycles. The maximum Gasteiger partial charge on any atom is 0.270 e. The molecule has 0 saturated carbocycles. The monoisotopic (exact) mass is 259 g/mol. The molecule has 0 unspecified atom stereocenters. The van der Waals surface area contributed by atoms with Crippen molar-refractivity contribution in [2.75, 3.05) is 26.7 Å². The fourth-order valence-electron chi connectivity index (χ4n) is 2.52. The first-order chi connectivity index (χ1) is 9.20. The van der Waals surface area contributed by atoms with Gasteiger partial charge in [0.1, 0.15) is 5.69 Å². The Morgan fingerprint density at radius 3 is 3.26 bits per heavy atom. The SMILES string of the molecule is C=CCNC(=O)c1cc([C@@H]2CCCN(C)C2)ccn1. The number of likely N-dealkylation sites (N-methyl/N-ethyl adjacent to an activating group) is 1. The number of piperidine rings is 1. The lowest BCUT2D eigenvalue weighted by Gasteiger charge is -2.30. The highest BCUT2D eigenvalue weighted by atomic mass is 16.1. The van der Waals surface area contributed by atoms with E-state index < -0.39 is 0 Å². The van der Waals surface area contributed by atoms with Gasteiger partial charge in [-0.15, -0.1) is 6.58 Å². The number of rotatable bonds is 4.